The van der Waals surface area contributed by atoms with Gasteiger partial charge >= 0.3 is 0 Å². The molecule has 0 aromatic heterocycles. The van der Waals surface area contributed by atoms with Crippen LogP contribution in [0.3, 0.4) is 0 Å². The van der Waals surface area contributed by atoms with Crippen LogP contribution in [0, 0.1) is 5.92 Å². The van der Waals surface area contributed by atoms with Crippen LogP contribution in [0.5, 0.6) is 11.5 Å². The van der Waals surface area contributed by atoms with Crippen molar-refractivity contribution in [2.75, 3.05) is 46.6 Å². The van der Waals surface area contributed by atoms with E-state index in [9.17, 15) is 4.79 Å². The summed E-state index contributed by atoms with van der Waals surface area (Å²) >= 11 is 3.58. The van der Waals surface area contributed by atoms with Crippen molar-refractivity contribution in [2.24, 2.45) is 5.92 Å². The second kappa shape index (κ2) is 12.7. The van der Waals surface area contributed by atoms with E-state index < -0.39 is 0 Å². The van der Waals surface area contributed by atoms with Crippen molar-refractivity contribution in [3.05, 3.63) is 57.6 Å². The van der Waals surface area contributed by atoms with E-state index >= 15 is 0 Å². The minimum absolute atomic E-state index is 0. The number of piperidine rings is 1. The maximum atomic E-state index is 12.1. The Balaban J connectivity index is 0.00000306. The van der Waals surface area contributed by atoms with Gasteiger partial charge in [0.15, 0.2) is 5.78 Å². The number of ketones is 1. The lowest BCUT2D eigenvalue weighted by Gasteiger charge is -2.32. The van der Waals surface area contributed by atoms with Crippen LogP contribution in [0.15, 0.2) is 40.9 Å². The van der Waals surface area contributed by atoms with E-state index in [1.807, 2.05) is 12.1 Å². The number of rotatable bonds is 9. The molecule has 7 heteroatoms. The summed E-state index contributed by atoms with van der Waals surface area (Å²) in [4.78, 5) is 14.7. The minimum atomic E-state index is 0. The molecule has 2 heterocycles. The minimum Gasteiger partial charge on any atom is -0.492 e. The molecule has 0 N–H and O–H groups in total. The predicted molar refractivity (Wildman–Crippen MR) is 136 cm³/mol. The predicted octanol–water partition coefficient (Wildman–Crippen LogP) is 5.36. The van der Waals surface area contributed by atoms with Gasteiger partial charge in [-0.3, -0.25) is 4.79 Å². The zero-order valence-corrected chi connectivity index (χ0v) is 21.6. The van der Waals surface area contributed by atoms with Crippen molar-refractivity contribution in [3.63, 3.8) is 0 Å². The van der Waals surface area contributed by atoms with E-state index in [-0.39, 0.29) is 18.2 Å². The van der Waals surface area contributed by atoms with Gasteiger partial charge < -0.3 is 19.1 Å². The lowest BCUT2D eigenvalue weighted by atomic mass is 9.90. The number of Topliss-reactive ketones (excluding diaryl/α,β-unsaturated/α-hetero) is 1. The van der Waals surface area contributed by atoms with Crippen LogP contribution in [0.4, 0.5) is 0 Å². The van der Waals surface area contributed by atoms with Crippen LogP contribution in [-0.4, -0.2) is 57.2 Å². The molecule has 180 valence electrons. The van der Waals surface area contributed by atoms with Gasteiger partial charge in [0, 0.05) is 20.1 Å². The van der Waals surface area contributed by atoms with Crippen LogP contribution in [0.1, 0.15) is 40.7 Å². The number of halogens is 2. The highest BCUT2D eigenvalue weighted by Gasteiger charge is 2.21. The average molecular weight is 539 g/mol. The molecule has 4 rings (SSSR count). The van der Waals surface area contributed by atoms with Gasteiger partial charge in [-0.2, -0.15) is 0 Å². The number of hydrogen-bond donors (Lipinski definition) is 0. The normalized spacial score (nSPS) is 16.6. The summed E-state index contributed by atoms with van der Waals surface area (Å²) in [6.45, 7) is 4.95. The molecule has 5 nitrogen and oxygen atoms in total. The number of methoxy groups -OCH3 is 1. The third kappa shape index (κ3) is 7.19. The standard InChI is InChI=1S/C26H32BrNO4.ClH/c1-30-14-15-32-26-18-21(2-4-23(26)27)16-20-7-11-28(12-8-20)10-6-19-3-5-25-22(17-19)24(29)9-13-31-25;/h2-5,17-18,20H,6-16H2,1H3;1H. The van der Waals surface area contributed by atoms with Crippen LogP contribution in [0.25, 0.3) is 0 Å². The number of benzene rings is 2. The molecule has 0 amide bonds. The third-order valence-electron chi connectivity index (χ3n) is 6.42. The maximum Gasteiger partial charge on any atom is 0.170 e. The average Bonchev–Trinajstić information content (AvgIpc) is 2.81. The monoisotopic (exact) mass is 537 g/mol. The fraction of sp³-hybridized carbons (Fsp3) is 0.500. The van der Waals surface area contributed by atoms with Gasteiger partial charge in [0.2, 0.25) is 0 Å². The van der Waals surface area contributed by atoms with Crippen LogP contribution < -0.4 is 9.47 Å². The fourth-order valence-corrected chi connectivity index (χ4v) is 4.88. The van der Waals surface area contributed by atoms with Gasteiger partial charge in [-0.05, 0) is 96.0 Å². The van der Waals surface area contributed by atoms with Crippen molar-refractivity contribution in [3.8, 4) is 11.5 Å². The summed E-state index contributed by atoms with van der Waals surface area (Å²) in [5.74, 6) is 2.55. The molecule has 2 aliphatic rings. The third-order valence-corrected chi connectivity index (χ3v) is 7.08. The van der Waals surface area contributed by atoms with Gasteiger partial charge in [-0.1, -0.05) is 12.1 Å². The molecule has 33 heavy (non-hydrogen) atoms. The number of fused-ring (bicyclic) bond motifs is 1. The van der Waals surface area contributed by atoms with Crippen molar-refractivity contribution in [1.82, 2.24) is 4.90 Å². The van der Waals surface area contributed by atoms with Gasteiger partial charge in [0.05, 0.1) is 23.2 Å². The van der Waals surface area contributed by atoms with Gasteiger partial charge in [-0.15, -0.1) is 12.4 Å². The Morgan fingerprint density at radius 1 is 1.09 bits per heavy atom. The number of nitrogens with zero attached hydrogens (tertiary/aromatic N) is 1. The number of ether oxygens (including phenoxy) is 3. The summed E-state index contributed by atoms with van der Waals surface area (Å²) in [6, 6.07) is 12.5. The Hall–Kier alpha value is -1.60. The molecule has 0 atom stereocenters. The molecule has 0 aliphatic carbocycles. The summed E-state index contributed by atoms with van der Waals surface area (Å²) in [5, 5.41) is 0. The molecule has 2 aromatic rings. The number of hydrogen-bond acceptors (Lipinski definition) is 5. The van der Waals surface area contributed by atoms with Crippen molar-refractivity contribution < 1.29 is 19.0 Å². The number of carbonyl (C=O) groups is 1. The van der Waals surface area contributed by atoms with Crippen LogP contribution in [-0.2, 0) is 17.6 Å². The highest BCUT2D eigenvalue weighted by atomic mass is 79.9. The fourth-order valence-electron chi connectivity index (χ4n) is 4.52. The van der Waals surface area contributed by atoms with Crippen molar-refractivity contribution in [2.45, 2.75) is 32.1 Å². The zero-order valence-electron chi connectivity index (χ0n) is 19.2. The van der Waals surface area contributed by atoms with E-state index in [1.54, 1.807) is 7.11 Å². The Kier molecular flexibility index (Phi) is 10.0. The van der Waals surface area contributed by atoms with Gasteiger partial charge in [-0.25, -0.2) is 0 Å². The summed E-state index contributed by atoms with van der Waals surface area (Å²) in [6.07, 6.45) is 4.98. The quantitative estimate of drug-likeness (QED) is 0.402. The molecule has 2 aliphatic heterocycles. The Bertz CT molecular complexity index is 931. The Morgan fingerprint density at radius 2 is 1.88 bits per heavy atom. The van der Waals surface area contributed by atoms with E-state index in [0.29, 0.717) is 32.2 Å². The Morgan fingerprint density at radius 3 is 2.67 bits per heavy atom. The first-order valence-corrected chi connectivity index (χ1v) is 12.3. The topological polar surface area (TPSA) is 48.0 Å². The van der Waals surface area contributed by atoms with Gasteiger partial charge in [0.1, 0.15) is 18.1 Å². The number of likely N-dealkylation sites (tertiary alicyclic amines) is 1. The largest absolute Gasteiger partial charge is 0.492 e. The molecule has 2 aromatic carbocycles. The van der Waals surface area contributed by atoms with E-state index in [2.05, 4.69) is 45.1 Å². The lowest BCUT2D eigenvalue weighted by molar-refractivity contribution is 0.0933. The molecule has 0 bridgehead atoms. The SMILES string of the molecule is COCCOc1cc(CC2CCN(CCc3ccc4c(c3)C(=O)CCO4)CC2)ccc1Br.Cl. The molecule has 0 unspecified atom stereocenters. The molecule has 1 saturated heterocycles. The number of carbonyl (C=O) groups excluding carboxylic acids is 1. The second-order valence-corrected chi connectivity index (χ2v) is 9.55. The van der Waals surface area contributed by atoms with Crippen LogP contribution in [0.2, 0.25) is 0 Å². The second-order valence-electron chi connectivity index (χ2n) is 8.70. The summed E-state index contributed by atoms with van der Waals surface area (Å²) < 4.78 is 17.5. The van der Waals surface area contributed by atoms with Gasteiger partial charge in [0.25, 0.3) is 0 Å². The van der Waals surface area contributed by atoms with E-state index in [4.69, 9.17) is 14.2 Å². The molecule has 0 spiro atoms. The van der Waals surface area contributed by atoms with E-state index in [0.717, 1.165) is 54.0 Å². The summed E-state index contributed by atoms with van der Waals surface area (Å²) in [5.41, 5.74) is 3.31. The van der Waals surface area contributed by atoms with Crippen LogP contribution >= 0.6 is 28.3 Å². The molecule has 0 radical (unpaired) electrons. The summed E-state index contributed by atoms with van der Waals surface area (Å²) in [7, 11) is 1.68. The van der Waals surface area contributed by atoms with E-state index in [1.165, 1.54) is 24.0 Å². The Labute approximate surface area is 211 Å². The van der Waals surface area contributed by atoms with Crippen molar-refractivity contribution in [1.29, 1.82) is 0 Å². The maximum absolute atomic E-state index is 12.1. The lowest BCUT2D eigenvalue weighted by Crippen LogP contribution is -2.35. The highest BCUT2D eigenvalue weighted by Crippen LogP contribution is 2.30. The smallest absolute Gasteiger partial charge is 0.170 e. The molecular formula is C26H33BrClNO4. The first-order valence-electron chi connectivity index (χ1n) is 11.5. The highest BCUT2D eigenvalue weighted by molar-refractivity contribution is 9.10. The first kappa shape index (κ1) is 26.0. The molecule has 0 saturated carbocycles. The molecular weight excluding hydrogens is 506 g/mol. The van der Waals surface area contributed by atoms with Crippen molar-refractivity contribution >= 4 is 34.1 Å². The zero-order chi connectivity index (χ0) is 22.3. The first-order chi connectivity index (χ1) is 15.6. The molecule has 1 fully saturated rings.